The van der Waals surface area contributed by atoms with Crippen LogP contribution in [0, 0.1) is 0 Å². The molecular weight excluding hydrogens is 240 g/mol. The van der Waals surface area contributed by atoms with Crippen molar-refractivity contribution in [2.24, 2.45) is 0 Å². The van der Waals surface area contributed by atoms with Crippen LogP contribution in [-0.2, 0) is 0 Å². The maximum Gasteiger partial charge on any atom is 0.259 e. The molecule has 0 atom stereocenters. The molecule has 7 heteroatoms. The molecular formula is C10H8N4O2S. The molecule has 2 aromatic heterocycles. The van der Waals surface area contributed by atoms with Crippen LogP contribution in [0.25, 0.3) is 0 Å². The van der Waals surface area contributed by atoms with Crippen molar-refractivity contribution in [3.8, 4) is 0 Å². The van der Waals surface area contributed by atoms with Crippen LogP contribution in [0.5, 0.6) is 0 Å². The molecule has 1 amide bonds. The zero-order chi connectivity index (χ0) is 12.3. The molecule has 17 heavy (non-hydrogen) atoms. The van der Waals surface area contributed by atoms with Crippen LogP contribution in [0.4, 0.5) is 5.13 Å². The van der Waals surface area contributed by atoms with Crippen molar-refractivity contribution >= 4 is 28.2 Å². The molecule has 0 saturated carbocycles. The van der Waals surface area contributed by atoms with Gasteiger partial charge in [0.1, 0.15) is 5.69 Å². The minimum Gasteiger partial charge on any atom is -0.298 e. The number of Topliss-reactive ketones (excluding diaryl/α,β-unsaturated/α-hetero) is 1. The first-order valence-electron chi connectivity index (χ1n) is 4.71. The molecule has 2 rings (SSSR count). The number of anilines is 1. The molecule has 0 bridgehead atoms. The predicted molar refractivity (Wildman–Crippen MR) is 62.1 cm³/mol. The van der Waals surface area contributed by atoms with Gasteiger partial charge in [-0.3, -0.25) is 14.9 Å². The second-order valence-corrected chi connectivity index (χ2v) is 4.04. The number of nitrogens with one attached hydrogen (secondary N) is 1. The topological polar surface area (TPSA) is 84.8 Å². The van der Waals surface area contributed by atoms with E-state index >= 15 is 0 Å². The first-order valence-corrected chi connectivity index (χ1v) is 5.59. The van der Waals surface area contributed by atoms with Crippen molar-refractivity contribution in [1.82, 2.24) is 15.2 Å². The van der Waals surface area contributed by atoms with Gasteiger partial charge >= 0.3 is 0 Å². The summed E-state index contributed by atoms with van der Waals surface area (Å²) < 4.78 is 0. The molecule has 0 aliphatic rings. The van der Waals surface area contributed by atoms with Gasteiger partial charge in [0.15, 0.2) is 10.9 Å². The number of hydrogen-bond acceptors (Lipinski definition) is 6. The van der Waals surface area contributed by atoms with Crippen LogP contribution in [0.2, 0.25) is 0 Å². The molecule has 0 aliphatic heterocycles. The summed E-state index contributed by atoms with van der Waals surface area (Å²) in [5.74, 6) is -0.461. The first kappa shape index (κ1) is 11.3. The predicted octanol–water partition coefficient (Wildman–Crippen LogP) is 1.39. The van der Waals surface area contributed by atoms with Gasteiger partial charge in [0.25, 0.3) is 5.91 Å². The number of hydrogen-bond donors (Lipinski definition) is 1. The lowest BCUT2D eigenvalue weighted by Crippen LogP contribution is -2.12. The standard InChI is InChI=1S/C10H8N4O2S/c1-6(15)8-5-17-10(13-8)14-9(16)7-2-3-11-12-4-7/h2-5H,1H3,(H,13,14,16). The van der Waals surface area contributed by atoms with Gasteiger partial charge in [-0.15, -0.1) is 11.3 Å². The van der Waals surface area contributed by atoms with Crippen molar-refractivity contribution in [3.05, 3.63) is 35.1 Å². The minimum atomic E-state index is -0.329. The van der Waals surface area contributed by atoms with Crippen molar-refractivity contribution in [2.75, 3.05) is 5.32 Å². The monoisotopic (exact) mass is 248 g/mol. The molecule has 0 fully saturated rings. The van der Waals surface area contributed by atoms with Gasteiger partial charge in [0.05, 0.1) is 18.0 Å². The van der Waals surface area contributed by atoms with Gasteiger partial charge in [0, 0.05) is 12.3 Å². The second-order valence-electron chi connectivity index (χ2n) is 3.18. The summed E-state index contributed by atoms with van der Waals surface area (Å²) in [5, 5.41) is 11.7. The third-order valence-electron chi connectivity index (χ3n) is 1.93. The Labute approximate surface area is 101 Å². The van der Waals surface area contributed by atoms with Crippen LogP contribution in [-0.4, -0.2) is 26.9 Å². The lowest BCUT2D eigenvalue weighted by atomic mass is 10.3. The summed E-state index contributed by atoms with van der Waals surface area (Å²) >= 11 is 1.20. The van der Waals surface area contributed by atoms with Crippen LogP contribution >= 0.6 is 11.3 Å². The molecule has 1 N–H and O–H groups in total. The van der Waals surface area contributed by atoms with Crippen molar-refractivity contribution in [1.29, 1.82) is 0 Å². The van der Waals surface area contributed by atoms with Crippen LogP contribution in [0.3, 0.4) is 0 Å². The second kappa shape index (κ2) is 4.79. The Morgan fingerprint density at radius 3 is 2.76 bits per heavy atom. The summed E-state index contributed by atoms with van der Waals surface area (Å²) in [4.78, 5) is 26.7. The van der Waals surface area contributed by atoms with E-state index in [0.29, 0.717) is 16.4 Å². The van der Waals surface area contributed by atoms with Crippen LogP contribution in [0.1, 0.15) is 27.8 Å². The van der Waals surface area contributed by atoms with Crippen molar-refractivity contribution in [3.63, 3.8) is 0 Å². The van der Waals surface area contributed by atoms with Crippen molar-refractivity contribution < 1.29 is 9.59 Å². The van der Waals surface area contributed by atoms with E-state index in [1.807, 2.05) is 0 Å². The van der Waals surface area contributed by atoms with E-state index in [0.717, 1.165) is 0 Å². The fourth-order valence-electron chi connectivity index (χ4n) is 1.09. The van der Waals surface area contributed by atoms with E-state index in [-0.39, 0.29) is 11.7 Å². The lowest BCUT2D eigenvalue weighted by Gasteiger charge is -1.99. The van der Waals surface area contributed by atoms with E-state index in [4.69, 9.17) is 0 Å². The van der Waals surface area contributed by atoms with Crippen molar-refractivity contribution in [2.45, 2.75) is 6.92 Å². The van der Waals surface area contributed by atoms with Gasteiger partial charge < -0.3 is 0 Å². The van der Waals surface area contributed by atoms with E-state index in [9.17, 15) is 9.59 Å². The molecule has 0 unspecified atom stereocenters. The number of carbonyl (C=O) groups is 2. The van der Waals surface area contributed by atoms with Gasteiger partial charge in [-0.2, -0.15) is 10.2 Å². The molecule has 2 heterocycles. The Morgan fingerprint density at radius 1 is 1.35 bits per heavy atom. The largest absolute Gasteiger partial charge is 0.298 e. The Bertz CT molecular complexity index is 552. The number of carbonyl (C=O) groups excluding carboxylic acids is 2. The highest BCUT2D eigenvalue weighted by molar-refractivity contribution is 7.14. The Hall–Kier alpha value is -2.15. The number of ketones is 1. The summed E-state index contributed by atoms with van der Waals surface area (Å²) in [6.45, 7) is 1.42. The number of amides is 1. The van der Waals surface area contributed by atoms with E-state index < -0.39 is 0 Å². The highest BCUT2D eigenvalue weighted by Gasteiger charge is 2.10. The number of thiazole rings is 1. The zero-order valence-electron chi connectivity index (χ0n) is 8.88. The van der Waals surface area contributed by atoms with Crippen LogP contribution in [0.15, 0.2) is 23.8 Å². The smallest absolute Gasteiger partial charge is 0.259 e. The fraction of sp³-hybridized carbons (Fsp3) is 0.100. The Morgan fingerprint density at radius 2 is 2.18 bits per heavy atom. The maximum atomic E-state index is 11.7. The first-order chi connectivity index (χ1) is 8.16. The highest BCUT2D eigenvalue weighted by Crippen LogP contribution is 2.16. The van der Waals surface area contributed by atoms with Gasteiger partial charge in [0.2, 0.25) is 0 Å². The van der Waals surface area contributed by atoms with Gasteiger partial charge in [-0.25, -0.2) is 4.98 Å². The van der Waals surface area contributed by atoms with Gasteiger partial charge in [-0.1, -0.05) is 0 Å². The molecule has 0 saturated heterocycles. The average molecular weight is 248 g/mol. The lowest BCUT2D eigenvalue weighted by molar-refractivity contribution is 0.100. The average Bonchev–Trinajstić information content (AvgIpc) is 2.79. The van der Waals surface area contributed by atoms with Gasteiger partial charge in [-0.05, 0) is 6.07 Å². The summed E-state index contributed by atoms with van der Waals surface area (Å²) in [5.41, 5.74) is 0.734. The number of rotatable bonds is 3. The quantitative estimate of drug-likeness (QED) is 0.829. The normalized spacial score (nSPS) is 9.94. The molecule has 6 nitrogen and oxygen atoms in total. The Balaban J connectivity index is 2.11. The molecule has 0 aromatic carbocycles. The maximum absolute atomic E-state index is 11.7. The zero-order valence-corrected chi connectivity index (χ0v) is 9.69. The van der Waals surface area contributed by atoms with E-state index in [1.165, 1.54) is 30.7 Å². The third kappa shape index (κ3) is 2.70. The van der Waals surface area contributed by atoms with E-state index in [2.05, 4.69) is 20.5 Å². The number of nitrogens with zero attached hydrogens (tertiary/aromatic N) is 3. The summed E-state index contributed by atoms with van der Waals surface area (Å²) in [6.07, 6.45) is 2.78. The highest BCUT2D eigenvalue weighted by atomic mass is 32.1. The SMILES string of the molecule is CC(=O)c1csc(NC(=O)c2ccnnc2)n1. The summed E-state index contributed by atoms with van der Waals surface area (Å²) in [6, 6.07) is 1.54. The molecule has 0 spiro atoms. The summed E-state index contributed by atoms with van der Waals surface area (Å²) in [7, 11) is 0. The Kier molecular flexibility index (Phi) is 3.20. The molecule has 2 aromatic rings. The third-order valence-corrected chi connectivity index (χ3v) is 2.69. The molecule has 0 radical (unpaired) electrons. The van der Waals surface area contributed by atoms with Crippen LogP contribution < -0.4 is 5.32 Å². The number of aromatic nitrogens is 3. The van der Waals surface area contributed by atoms with E-state index in [1.54, 1.807) is 11.4 Å². The fourth-order valence-corrected chi connectivity index (χ4v) is 1.83. The molecule has 0 aliphatic carbocycles. The minimum absolute atomic E-state index is 0.132. The molecule has 86 valence electrons.